The number of hydrogen-bond donors (Lipinski definition) is 3. The van der Waals surface area contributed by atoms with Gasteiger partial charge in [0.05, 0.1) is 24.4 Å². The molecular weight excluding hydrogens is 614 g/mol. The summed E-state index contributed by atoms with van der Waals surface area (Å²) in [6.07, 6.45) is -0.365. The van der Waals surface area contributed by atoms with Crippen molar-refractivity contribution >= 4 is 30.1 Å². The number of Topliss-reactive ketones (excluding diaryl/α,β-unsaturated/α-hetero) is 1. The number of halogens is 1. The number of piperidine rings is 1. The van der Waals surface area contributed by atoms with Crippen LogP contribution in [0.1, 0.15) is 78.2 Å². The fourth-order valence-corrected chi connectivity index (χ4v) is 9.38. The number of carbonyl (C=O) groups excluding carboxylic acids is 3. The van der Waals surface area contributed by atoms with Crippen molar-refractivity contribution in [3.05, 3.63) is 48.6 Å². The first kappa shape index (κ1) is 36.5. The van der Waals surface area contributed by atoms with Crippen LogP contribution < -0.4 is 0 Å². The predicted octanol–water partition coefficient (Wildman–Crippen LogP) is 3.34. The molecule has 2 saturated carbocycles. The van der Waals surface area contributed by atoms with E-state index < -0.39 is 76.2 Å². The lowest BCUT2D eigenvalue weighted by atomic mass is 9.40. The van der Waals surface area contributed by atoms with Crippen LogP contribution in [0, 0.1) is 16.7 Å². The van der Waals surface area contributed by atoms with Crippen LogP contribution in [0.4, 0.5) is 0 Å². The number of ether oxygens (including phenoxy) is 3. The molecule has 10 nitrogen and oxygen atoms in total. The molecule has 2 heterocycles. The van der Waals surface area contributed by atoms with Crippen molar-refractivity contribution in [3.8, 4) is 0 Å². The van der Waals surface area contributed by atoms with Gasteiger partial charge in [0.25, 0.3) is 0 Å². The van der Waals surface area contributed by atoms with Crippen molar-refractivity contribution in [3.63, 3.8) is 0 Å². The van der Waals surface area contributed by atoms with E-state index in [1.165, 1.54) is 11.6 Å². The lowest BCUT2D eigenvalue weighted by molar-refractivity contribution is -0.350. The molecule has 0 radical (unpaired) electrons. The van der Waals surface area contributed by atoms with Crippen LogP contribution in [0.25, 0.3) is 0 Å². The van der Waals surface area contributed by atoms with Gasteiger partial charge < -0.3 is 29.5 Å². The van der Waals surface area contributed by atoms with Gasteiger partial charge in [0.1, 0.15) is 11.7 Å². The van der Waals surface area contributed by atoms with Gasteiger partial charge in [-0.25, -0.2) is 4.79 Å². The van der Waals surface area contributed by atoms with Crippen molar-refractivity contribution in [2.24, 2.45) is 16.7 Å². The summed E-state index contributed by atoms with van der Waals surface area (Å²) in [6.45, 7) is 13.3. The van der Waals surface area contributed by atoms with Crippen LogP contribution in [0.3, 0.4) is 0 Å². The SMILES string of the molecule is C=C[C@@]1(C)CC(=O)[C@]2(O)[C@@]3(C)[C@@H](O)C(OC(=O)COC(=O)CN4CCC(c5ccccc5)CC4)CC(C)(C)[C@@H]3[C@H](O)C[C@@]2(C)O1.Cl. The minimum absolute atomic E-state index is 0. The van der Waals surface area contributed by atoms with Gasteiger partial charge >= 0.3 is 11.9 Å². The molecule has 2 aliphatic heterocycles. The molecule has 0 amide bonds. The molecule has 0 bridgehead atoms. The highest BCUT2D eigenvalue weighted by atomic mass is 35.5. The number of carbonyl (C=O) groups is 3. The summed E-state index contributed by atoms with van der Waals surface area (Å²) in [7, 11) is 0. The van der Waals surface area contributed by atoms with E-state index in [1.54, 1.807) is 20.8 Å². The Kier molecular flexibility index (Phi) is 10.3. The van der Waals surface area contributed by atoms with E-state index in [0.717, 1.165) is 25.9 Å². The number of aliphatic hydroxyl groups excluding tert-OH is 2. The predicted molar refractivity (Wildman–Crippen MR) is 172 cm³/mol. The highest BCUT2D eigenvalue weighted by molar-refractivity contribution is 5.92. The number of esters is 2. The molecule has 4 aliphatic rings. The maximum absolute atomic E-state index is 13.9. The molecule has 4 fully saturated rings. The Labute approximate surface area is 277 Å². The minimum Gasteiger partial charge on any atom is -0.457 e. The second kappa shape index (κ2) is 12.9. The average Bonchev–Trinajstić information content (AvgIpc) is 2.97. The average molecular weight is 664 g/mol. The molecule has 3 N–H and O–H groups in total. The monoisotopic (exact) mass is 663 g/mol. The maximum atomic E-state index is 13.9. The van der Waals surface area contributed by atoms with Gasteiger partial charge in [-0.2, -0.15) is 0 Å². The van der Waals surface area contributed by atoms with Crippen LogP contribution >= 0.6 is 12.4 Å². The van der Waals surface area contributed by atoms with Crippen LogP contribution in [0.15, 0.2) is 43.0 Å². The van der Waals surface area contributed by atoms with Gasteiger partial charge in [-0.15, -0.1) is 19.0 Å². The fraction of sp³-hybridized carbons (Fsp3) is 0.686. The van der Waals surface area contributed by atoms with Gasteiger partial charge in [0.15, 0.2) is 18.0 Å². The van der Waals surface area contributed by atoms with E-state index in [4.69, 9.17) is 14.2 Å². The number of hydrogen-bond acceptors (Lipinski definition) is 10. The number of benzene rings is 1. The number of fused-ring (bicyclic) bond motifs is 3. The van der Waals surface area contributed by atoms with Gasteiger partial charge in [0, 0.05) is 24.2 Å². The van der Waals surface area contributed by atoms with E-state index in [-0.39, 0.29) is 38.2 Å². The molecule has 256 valence electrons. The lowest BCUT2D eigenvalue weighted by Crippen LogP contribution is -2.83. The highest BCUT2D eigenvalue weighted by Crippen LogP contribution is 2.66. The van der Waals surface area contributed by atoms with Crippen LogP contribution in [0.5, 0.6) is 0 Å². The molecule has 11 heteroatoms. The Morgan fingerprint density at radius 2 is 1.67 bits per heavy atom. The van der Waals surface area contributed by atoms with Crippen LogP contribution in [-0.4, -0.2) is 99.3 Å². The van der Waals surface area contributed by atoms with Crippen molar-refractivity contribution in [1.29, 1.82) is 0 Å². The first-order chi connectivity index (χ1) is 21.0. The Morgan fingerprint density at radius 1 is 1.04 bits per heavy atom. The van der Waals surface area contributed by atoms with Gasteiger partial charge in [0.2, 0.25) is 0 Å². The zero-order valence-corrected chi connectivity index (χ0v) is 28.4. The number of likely N-dealkylation sites (tertiary alicyclic amines) is 1. The maximum Gasteiger partial charge on any atom is 0.344 e. The summed E-state index contributed by atoms with van der Waals surface area (Å²) in [5.41, 5.74) is -5.93. The summed E-state index contributed by atoms with van der Waals surface area (Å²) in [4.78, 5) is 41.5. The molecule has 5 rings (SSSR count). The second-order valence-corrected chi connectivity index (χ2v) is 15.0. The largest absolute Gasteiger partial charge is 0.457 e. The first-order valence-electron chi connectivity index (χ1n) is 16.1. The van der Waals surface area contributed by atoms with Crippen molar-refractivity contribution in [2.75, 3.05) is 26.2 Å². The van der Waals surface area contributed by atoms with Crippen molar-refractivity contribution in [2.45, 2.75) is 108 Å². The van der Waals surface area contributed by atoms with Gasteiger partial charge in [-0.1, -0.05) is 57.2 Å². The zero-order valence-electron chi connectivity index (χ0n) is 27.6. The third kappa shape index (κ3) is 6.05. The Morgan fingerprint density at radius 3 is 2.28 bits per heavy atom. The summed E-state index contributed by atoms with van der Waals surface area (Å²) in [6, 6.07) is 10.3. The van der Waals surface area contributed by atoms with Crippen LogP contribution in [0.2, 0.25) is 0 Å². The third-order valence-corrected chi connectivity index (χ3v) is 11.4. The van der Waals surface area contributed by atoms with Gasteiger partial charge in [-0.3, -0.25) is 14.5 Å². The lowest BCUT2D eigenvalue weighted by Gasteiger charge is -2.70. The standard InChI is InChI=1S/C35H49NO9.ClH/c1-7-32(4)19-26(38)35(42)33(5,45-32)17-24(37)29-31(2,3)18-25(30(41)34(29,35)6)44-28(40)21-43-27(39)20-36-15-13-23(14-16-36)22-11-9-8-10-12-22;/h7-12,23-25,29-30,37,41-42H,1,13-21H2,2-6H3;1H/t24-,25?,29+,30+,32+,33-,34-,35-;/m1./s1. The number of rotatable bonds is 7. The summed E-state index contributed by atoms with van der Waals surface area (Å²) in [5.74, 6) is -2.19. The first-order valence-corrected chi connectivity index (χ1v) is 16.1. The van der Waals surface area contributed by atoms with E-state index >= 15 is 0 Å². The molecule has 2 aliphatic carbocycles. The Bertz CT molecular complexity index is 1320. The topological polar surface area (TPSA) is 143 Å². The summed E-state index contributed by atoms with van der Waals surface area (Å²) in [5, 5.41) is 35.7. The molecule has 2 saturated heterocycles. The second-order valence-electron chi connectivity index (χ2n) is 15.0. The van der Waals surface area contributed by atoms with E-state index in [2.05, 4.69) is 18.7 Å². The number of aliphatic hydroxyl groups is 3. The molecule has 1 aromatic carbocycles. The molecular formula is C35H50ClNO9. The van der Waals surface area contributed by atoms with Gasteiger partial charge in [-0.05, 0) is 63.1 Å². The third-order valence-electron chi connectivity index (χ3n) is 11.4. The quantitative estimate of drug-likeness (QED) is 0.294. The highest BCUT2D eigenvalue weighted by Gasteiger charge is 2.79. The van der Waals surface area contributed by atoms with Crippen LogP contribution in [-0.2, 0) is 28.6 Å². The van der Waals surface area contributed by atoms with E-state index in [9.17, 15) is 29.7 Å². The minimum atomic E-state index is -2.20. The smallest absolute Gasteiger partial charge is 0.344 e. The molecule has 1 unspecified atom stereocenters. The van der Waals surface area contributed by atoms with Crippen molar-refractivity contribution in [1.82, 2.24) is 4.90 Å². The number of nitrogens with zero attached hydrogens (tertiary/aromatic N) is 1. The Balaban J connectivity index is 0.00000480. The molecule has 8 atom stereocenters. The van der Waals surface area contributed by atoms with Crippen molar-refractivity contribution < 1.29 is 43.9 Å². The van der Waals surface area contributed by atoms with E-state index in [0.29, 0.717) is 5.92 Å². The van der Waals surface area contributed by atoms with E-state index in [1.807, 2.05) is 36.9 Å². The summed E-state index contributed by atoms with van der Waals surface area (Å²) >= 11 is 0. The molecule has 1 aromatic rings. The normalized spacial score (nSPS) is 39.3. The zero-order chi connectivity index (χ0) is 33.0. The summed E-state index contributed by atoms with van der Waals surface area (Å²) < 4.78 is 17.3. The number of ketones is 1. The Hall–Kier alpha value is -2.34. The molecule has 46 heavy (non-hydrogen) atoms. The fourth-order valence-electron chi connectivity index (χ4n) is 9.38. The molecule has 0 spiro atoms. The molecule has 0 aromatic heterocycles.